The Hall–Kier alpha value is -2.53. The summed E-state index contributed by atoms with van der Waals surface area (Å²) in [7, 11) is -3.89. The van der Waals surface area contributed by atoms with Crippen molar-refractivity contribution in [1.82, 2.24) is 19.8 Å². The number of carbonyl (C=O) groups excluding carboxylic acids is 1. The number of carbonyl (C=O) groups is 1. The molecule has 9 nitrogen and oxygen atoms in total. The van der Waals surface area contributed by atoms with Crippen molar-refractivity contribution in [2.75, 3.05) is 0 Å². The molecule has 156 valence electrons. The molecule has 1 aliphatic rings. The Labute approximate surface area is 181 Å². The maximum Gasteiger partial charge on any atom is 0.340 e. The highest BCUT2D eigenvalue weighted by Gasteiger charge is 2.30. The van der Waals surface area contributed by atoms with E-state index >= 15 is 0 Å². The van der Waals surface area contributed by atoms with Gasteiger partial charge >= 0.3 is 5.97 Å². The number of hydrogen-bond acceptors (Lipinski definition) is 8. The second-order valence-corrected chi connectivity index (χ2v) is 8.98. The van der Waals surface area contributed by atoms with Crippen LogP contribution in [0.3, 0.4) is 0 Å². The molecular formula is C18H14Cl2N4O5S. The summed E-state index contributed by atoms with van der Waals surface area (Å²) >= 11 is 12.1. The van der Waals surface area contributed by atoms with Crippen LogP contribution in [0.25, 0.3) is 11.4 Å². The first-order valence-electron chi connectivity index (χ1n) is 8.75. The van der Waals surface area contributed by atoms with Crippen LogP contribution in [-0.2, 0) is 21.4 Å². The van der Waals surface area contributed by atoms with Crippen molar-refractivity contribution in [2.24, 2.45) is 0 Å². The zero-order valence-corrected chi connectivity index (χ0v) is 17.5. The van der Waals surface area contributed by atoms with E-state index in [4.69, 9.17) is 32.5 Å². The molecule has 0 radical (unpaired) electrons. The first-order valence-corrected chi connectivity index (χ1v) is 11.0. The monoisotopic (exact) mass is 468 g/mol. The topological polar surface area (TPSA) is 124 Å². The standard InChI is InChI=1S/C18H14Cl2N4O5S/c19-13-7-14(20)15(30(26,27)24-11-3-4-11)6-12(13)18(25)28-9-16-22-17(23-29-16)10-2-1-5-21-8-10/h1-2,5-8,11,24H,3-4,9H2. The molecule has 2 aromatic heterocycles. The highest BCUT2D eigenvalue weighted by Crippen LogP contribution is 2.31. The summed E-state index contributed by atoms with van der Waals surface area (Å²) in [5, 5.41) is 3.66. The second kappa shape index (κ2) is 8.31. The van der Waals surface area contributed by atoms with Crippen molar-refractivity contribution >= 4 is 39.2 Å². The average molecular weight is 469 g/mol. The molecule has 3 aromatic rings. The summed E-state index contributed by atoms with van der Waals surface area (Å²) in [5.41, 5.74) is 0.488. The average Bonchev–Trinajstić information content (AvgIpc) is 3.38. The molecular weight excluding hydrogens is 455 g/mol. The van der Waals surface area contributed by atoms with Gasteiger partial charge in [-0.2, -0.15) is 4.98 Å². The van der Waals surface area contributed by atoms with Crippen LogP contribution in [0, 0.1) is 0 Å². The van der Waals surface area contributed by atoms with Crippen molar-refractivity contribution in [3.8, 4) is 11.4 Å². The molecule has 1 fully saturated rings. The van der Waals surface area contributed by atoms with Crippen LogP contribution in [0.1, 0.15) is 29.1 Å². The molecule has 1 N–H and O–H groups in total. The fourth-order valence-corrected chi connectivity index (χ4v) is 4.66. The predicted molar refractivity (Wildman–Crippen MR) is 106 cm³/mol. The van der Waals surface area contributed by atoms with E-state index in [2.05, 4.69) is 19.8 Å². The van der Waals surface area contributed by atoms with Gasteiger partial charge in [0.1, 0.15) is 4.90 Å². The van der Waals surface area contributed by atoms with Gasteiger partial charge in [-0.05, 0) is 37.1 Å². The first-order chi connectivity index (χ1) is 14.3. The van der Waals surface area contributed by atoms with E-state index in [0.29, 0.717) is 11.4 Å². The van der Waals surface area contributed by atoms with E-state index in [1.165, 1.54) is 6.07 Å². The molecule has 30 heavy (non-hydrogen) atoms. The van der Waals surface area contributed by atoms with Crippen LogP contribution in [0.5, 0.6) is 0 Å². The molecule has 0 unspecified atom stereocenters. The molecule has 0 saturated heterocycles. The molecule has 1 aromatic carbocycles. The summed E-state index contributed by atoms with van der Waals surface area (Å²) in [4.78, 5) is 20.3. The van der Waals surface area contributed by atoms with Crippen molar-refractivity contribution < 1.29 is 22.5 Å². The SMILES string of the molecule is O=C(OCc1nc(-c2cccnc2)no1)c1cc(S(=O)(=O)NC2CC2)c(Cl)cc1Cl. The summed E-state index contributed by atoms with van der Waals surface area (Å²) < 4.78 is 37.7. The minimum absolute atomic E-state index is 0.0445. The van der Waals surface area contributed by atoms with Gasteiger partial charge in [0, 0.05) is 24.0 Å². The quantitative estimate of drug-likeness (QED) is 0.523. The molecule has 12 heteroatoms. The fraction of sp³-hybridized carbons (Fsp3) is 0.222. The van der Waals surface area contributed by atoms with Crippen molar-refractivity contribution in [1.29, 1.82) is 0 Å². The first kappa shape index (κ1) is 20.7. The number of benzene rings is 1. The molecule has 4 rings (SSSR count). The number of esters is 1. The van der Waals surface area contributed by atoms with Crippen LogP contribution < -0.4 is 4.72 Å². The Kier molecular flexibility index (Phi) is 5.74. The number of rotatable bonds is 7. The summed E-state index contributed by atoms with van der Waals surface area (Å²) in [6.07, 6.45) is 4.68. The number of halogens is 2. The maximum atomic E-state index is 12.5. The largest absolute Gasteiger partial charge is 0.452 e. The van der Waals surface area contributed by atoms with E-state index in [1.807, 2.05) is 0 Å². The van der Waals surface area contributed by atoms with Crippen LogP contribution in [0.4, 0.5) is 0 Å². The molecule has 0 bridgehead atoms. The van der Waals surface area contributed by atoms with Gasteiger partial charge < -0.3 is 9.26 Å². The molecule has 1 saturated carbocycles. The van der Waals surface area contributed by atoms with Crippen LogP contribution in [-0.4, -0.2) is 35.6 Å². The van der Waals surface area contributed by atoms with E-state index < -0.39 is 16.0 Å². The minimum atomic E-state index is -3.89. The van der Waals surface area contributed by atoms with Gasteiger partial charge in [0.25, 0.3) is 5.89 Å². The number of nitrogens with zero attached hydrogens (tertiary/aromatic N) is 3. The molecule has 1 aliphatic carbocycles. The number of pyridine rings is 1. The van der Waals surface area contributed by atoms with Gasteiger partial charge in [-0.25, -0.2) is 17.9 Å². The number of sulfonamides is 1. The smallest absolute Gasteiger partial charge is 0.340 e. The Morgan fingerprint density at radius 1 is 1.27 bits per heavy atom. The third-order valence-electron chi connectivity index (χ3n) is 4.14. The van der Waals surface area contributed by atoms with Crippen molar-refractivity contribution in [3.05, 3.63) is 58.2 Å². The zero-order chi connectivity index (χ0) is 21.3. The van der Waals surface area contributed by atoms with E-state index in [1.54, 1.807) is 24.5 Å². The van der Waals surface area contributed by atoms with Gasteiger partial charge in [-0.1, -0.05) is 28.4 Å². The van der Waals surface area contributed by atoms with Crippen LogP contribution >= 0.6 is 23.2 Å². The Morgan fingerprint density at radius 3 is 2.77 bits per heavy atom. The molecule has 0 amide bonds. The van der Waals surface area contributed by atoms with E-state index in [0.717, 1.165) is 18.9 Å². The Balaban J connectivity index is 1.49. The third kappa shape index (κ3) is 4.62. The highest BCUT2D eigenvalue weighted by molar-refractivity contribution is 7.89. The van der Waals surface area contributed by atoms with Gasteiger partial charge in [-0.15, -0.1) is 0 Å². The second-order valence-electron chi connectivity index (χ2n) is 6.49. The maximum absolute atomic E-state index is 12.5. The van der Waals surface area contributed by atoms with E-state index in [9.17, 15) is 13.2 Å². The van der Waals surface area contributed by atoms with Gasteiger partial charge in [0.05, 0.1) is 15.6 Å². The van der Waals surface area contributed by atoms with Gasteiger partial charge in [-0.3, -0.25) is 4.98 Å². The number of aromatic nitrogens is 3. The third-order valence-corrected chi connectivity index (χ3v) is 6.44. The lowest BCUT2D eigenvalue weighted by Crippen LogP contribution is -2.26. The lowest BCUT2D eigenvalue weighted by molar-refractivity contribution is 0.0429. The Morgan fingerprint density at radius 2 is 2.07 bits per heavy atom. The normalized spacial score (nSPS) is 13.9. The van der Waals surface area contributed by atoms with Crippen LogP contribution in [0.2, 0.25) is 10.0 Å². The van der Waals surface area contributed by atoms with Crippen molar-refractivity contribution in [3.63, 3.8) is 0 Å². The van der Waals surface area contributed by atoms with Crippen molar-refractivity contribution in [2.45, 2.75) is 30.4 Å². The fourth-order valence-electron chi connectivity index (χ4n) is 2.51. The zero-order valence-electron chi connectivity index (χ0n) is 15.2. The summed E-state index contributed by atoms with van der Waals surface area (Å²) in [6, 6.07) is 5.63. The summed E-state index contributed by atoms with van der Waals surface area (Å²) in [5.74, 6) is -0.519. The number of ether oxygens (including phenoxy) is 1. The lowest BCUT2D eigenvalue weighted by Gasteiger charge is -2.11. The number of nitrogens with one attached hydrogen (secondary N) is 1. The highest BCUT2D eigenvalue weighted by atomic mass is 35.5. The van der Waals surface area contributed by atoms with Crippen LogP contribution in [0.15, 0.2) is 46.1 Å². The molecule has 0 atom stereocenters. The molecule has 0 spiro atoms. The number of hydrogen-bond donors (Lipinski definition) is 1. The van der Waals surface area contributed by atoms with Gasteiger partial charge in [0.15, 0.2) is 6.61 Å². The minimum Gasteiger partial charge on any atom is -0.452 e. The van der Waals surface area contributed by atoms with Gasteiger partial charge in [0.2, 0.25) is 15.8 Å². The Bertz CT molecular complexity index is 1200. The lowest BCUT2D eigenvalue weighted by atomic mass is 10.2. The molecule has 0 aliphatic heterocycles. The molecule has 2 heterocycles. The predicted octanol–water partition coefficient (Wildman–Crippen LogP) is 3.24. The summed E-state index contributed by atoms with van der Waals surface area (Å²) in [6.45, 7) is -0.326. The van der Waals surface area contributed by atoms with E-state index in [-0.39, 0.29) is 39.0 Å².